The standard InChI is InChI=1S/C35H36F2N6O5/c1-35(2,3)47-34(45)40-29-21(20-7-4-9-24(36)28(20)37)14-16-27(30-23(29)8-5-17-38-30)46-32-22-13-11-19(12-15-26(22)48-42-32)43-25-10-6-18-39-31(25)41-33(43)44/h4-10,17-19,21,27,29H,11-16H2,1-3H3,(H,40,45)(H,39,41,44)/t19-,21-,27+,29-/m0/s1. The van der Waals surface area contributed by atoms with Gasteiger partial charge in [-0.25, -0.2) is 23.4 Å². The van der Waals surface area contributed by atoms with Gasteiger partial charge in [0, 0.05) is 36.3 Å². The molecule has 2 aliphatic rings. The normalized spacial score (nSPS) is 21.1. The van der Waals surface area contributed by atoms with Crippen molar-refractivity contribution in [3.8, 4) is 5.88 Å². The maximum atomic E-state index is 15.3. The first kappa shape index (κ1) is 31.5. The summed E-state index contributed by atoms with van der Waals surface area (Å²) in [6.45, 7) is 5.26. The Morgan fingerprint density at radius 2 is 1.77 bits per heavy atom. The van der Waals surface area contributed by atoms with Crippen LogP contribution < -0.4 is 15.7 Å². The molecule has 2 aliphatic carbocycles. The first-order chi connectivity index (χ1) is 23.1. The van der Waals surface area contributed by atoms with E-state index in [1.807, 2.05) is 12.1 Å². The zero-order valence-corrected chi connectivity index (χ0v) is 26.8. The number of nitrogens with zero attached hydrogens (tertiary/aromatic N) is 4. The number of benzene rings is 1. The Morgan fingerprint density at radius 1 is 1.00 bits per heavy atom. The molecular formula is C35H36F2N6O5. The van der Waals surface area contributed by atoms with Gasteiger partial charge in [-0.15, -0.1) is 0 Å². The lowest BCUT2D eigenvalue weighted by atomic mass is 9.85. The van der Waals surface area contributed by atoms with Gasteiger partial charge in [-0.05, 0) is 87.9 Å². The summed E-state index contributed by atoms with van der Waals surface area (Å²) >= 11 is 0. The molecule has 2 N–H and O–H groups in total. The van der Waals surface area contributed by atoms with Gasteiger partial charge in [0.15, 0.2) is 17.3 Å². The molecule has 0 unspecified atom stereocenters. The lowest BCUT2D eigenvalue weighted by Crippen LogP contribution is -2.37. The highest BCUT2D eigenvalue weighted by Crippen LogP contribution is 2.45. The SMILES string of the molecule is CC(C)(C)OC(=O)N[C@@H]1c2cccnc2[C@H](Oc2noc3c2CC[C@H](n2c(=O)[nH]c4ncccc42)CC3)CC[C@H]1c1cccc(F)c1F. The predicted octanol–water partition coefficient (Wildman–Crippen LogP) is 6.77. The number of rotatable bonds is 5. The fourth-order valence-corrected chi connectivity index (χ4v) is 7.01. The molecule has 7 rings (SSSR count). The summed E-state index contributed by atoms with van der Waals surface area (Å²) in [6.07, 6.45) is 5.05. The van der Waals surface area contributed by atoms with E-state index < -0.39 is 41.4 Å². The van der Waals surface area contributed by atoms with Crippen LogP contribution >= 0.6 is 0 Å². The highest BCUT2D eigenvalue weighted by molar-refractivity contribution is 5.70. The van der Waals surface area contributed by atoms with Crippen LogP contribution in [-0.4, -0.2) is 36.4 Å². The van der Waals surface area contributed by atoms with Crippen molar-refractivity contribution in [2.45, 2.75) is 89.0 Å². The molecule has 4 atom stereocenters. The molecule has 13 heteroatoms. The number of aryl methyl sites for hydroxylation is 1. The van der Waals surface area contributed by atoms with Gasteiger partial charge < -0.3 is 19.3 Å². The number of aromatic amines is 1. The van der Waals surface area contributed by atoms with Crippen LogP contribution in [0.3, 0.4) is 0 Å². The lowest BCUT2D eigenvalue weighted by Gasteiger charge is -2.29. The van der Waals surface area contributed by atoms with Crippen molar-refractivity contribution in [2.75, 3.05) is 0 Å². The van der Waals surface area contributed by atoms with Crippen LogP contribution in [0, 0.1) is 11.6 Å². The summed E-state index contributed by atoms with van der Waals surface area (Å²) < 4.78 is 49.5. The smallest absolute Gasteiger partial charge is 0.408 e. The molecule has 0 saturated carbocycles. The third-order valence-electron chi connectivity index (χ3n) is 9.08. The number of alkyl carbamates (subject to hydrolysis) is 1. The fraction of sp³-hybridized carbons (Fsp3) is 0.400. The second-order valence-electron chi connectivity index (χ2n) is 13.3. The van der Waals surface area contributed by atoms with E-state index in [0.29, 0.717) is 67.1 Å². The van der Waals surface area contributed by atoms with Crippen molar-refractivity contribution in [1.29, 1.82) is 0 Å². The summed E-state index contributed by atoms with van der Waals surface area (Å²) in [5, 5.41) is 7.22. The number of carbonyl (C=O) groups excluding carboxylic acids is 1. The van der Waals surface area contributed by atoms with Crippen LogP contribution in [0.4, 0.5) is 13.6 Å². The van der Waals surface area contributed by atoms with Gasteiger partial charge in [0.25, 0.3) is 5.88 Å². The minimum Gasteiger partial charge on any atom is -0.465 e. The third-order valence-corrected chi connectivity index (χ3v) is 9.08. The summed E-state index contributed by atoms with van der Waals surface area (Å²) in [5.74, 6) is -1.58. The maximum absolute atomic E-state index is 15.3. The number of aromatic nitrogens is 5. The van der Waals surface area contributed by atoms with Crippen LogP contribution in [-0.2, 0) is 17.6 Å². The topological polar surface area (TPSA) is 137 Å². The third kappa shape index (κ3) is 6.04. The zero-order valence-electron chi connectivity index (χ0n) is 26.8. The number of ether oxygens (including phenoxy) is 2. The molecule has 0 fully saturated rings. The Hall–Kier alpha value is -5.07. The van der Waals surface area contributed by atoms with Gasteiger partial charge in [0.2, 0.25) is 0 Å². The summed E-state index contributed by atoms with van der Waals surface area (Å²) in [5.41, 5.74) is 2.41. The van der Waals surface area contributed by atoms with Gasteiger partial charge in [-0.2, -0.15) is 0 Å². The number of halogens is 2. The molecule has 48 heavy (non-hydrogen) atoms. The van der Waals surface area contributed by atoms with Crippen molar-refractivity contribution < 1.29 is 27.6 Å². The Kier molecular flexibility index (Phi) is 8.22. The van der Waals surface area contributed by atoms with Crippen LogP contribution in [0.5, 0.6) is 5.88 Å². The number of carbonyl (C=O) groups is 1. The zero-order chi connectivity index (χ0) is 33.6. The number of pyridine rings is 2. The van der Waals surface area contributed by atoms with E-state index in [-0.39, 0.29) is 17.3 Å². The minimum atomic E-state index is -0.971. The van der Waals surface area contributed by atoms with Crippen LogP contribution in [0.25, 0.3) is 11.2 Å². The highest BCUT2D eigenvalue weighted by atomic mass is 19.2. The maximum Gasteiger partial charge on any atom is 0.408 e. The van der Waals surface area contributed by atoms with E-state index in [1.54, 1.807) is 49.9 Å². The van der Waals surface area contributed by atoms with Crippen LogP contribution in [0.2, 0.25) is 0 Å². The number of H-pyrrole nitrogens is 1. The van der Waals surface area contributed by atoms with Gasteiger partial charge in [0.05, 0.1) is 22.8 Å². The van der Waals surface area contributed by atoms with Crippen molar-refractivity contribution in [1.82, 2.24) is 30.0 Å². The molecule has 0 radical (unpaired) electrons. The van der Waals surface area contributed by atoms with Crippen molar-refractivity contribution in [3.63, 3.8) is 0 Å². The Morgan fingerprint density at radius 3 is 2.60 bits per heavy atom. The average molecular weight is 659 g/mol. The van der Waals surface area contributed by atoms with E-state index in [1.165, 1.54) is 12.1 Å². The van der Waals surface area contributed by atoms with E-state index in [0.717, 1.165) is 17.1 Å². The summed E-state index contributed by atoms with van der Waals surface area (Å²) in [4.78, 5) is 37.8. The van der Waals surface area contributed by atoms with Crippen molar-refractivity contribution in [3.05, 3.63) is 105 Å². The second-order valence-corrected chi connectivity index (χ2v) is 13.3. The van der Waals surface area contributed by atoms with Gasteiger partial charge >= 0.3 is 11.8 Å². The van der Waals surface area contributed by atoms with Crippen molar-refractivity contribution in [2.24, 2.45) is 0 Å². The fourth-order valence-electron chi connectivity index (χ4n) is 7.01. The molecule has 11 nitrogen and oxygen atoms in total. The lowest BCUT2D eigenvalue weighted by molar-refractivity contribution is 0.0494. The largest absolute Gasteiger partial charge is 0.465 e. The summed E-state index contributed by atoms with van der Waals surface area (Å²) in [7, 11) is 0. The number of nitrogens with one attached hydrogen (secondary N) is 2. The molecular weight excluding hydrogens is 622 g/mol. The van der Waals surface area contributed by atoms with Crippen molar-refractivity contribution >= 4 is 17.3 Å². The highest BCUT2D eigenvalue weighted by Gasteiger charge is 2.39. The second kappa shape index (κ2) is 12.5. The van der Waals surface area contributed by atoms with E-state index in [2.05, 4.69) is 25.4 Å². The van der Waals surface area contributed by atoms with Crippen LogP contribution in [0.1, 0.15) is 98.7 Å². The molecule has 4 aromatic heterocycles. The monoisotopic (exact) mass is 658 g/mol. The van der Waals surface area contributed by atoms with Gasteiger partial charge in [0.1, 0.15) is 17.5 Å². The molecule has 0 saturated heterocycles. The van der Waals surface area contributed by atoms with E-state index >= 15 is 4.39 Å². The Bertz CT molecular complexity index is 2030. The number of hydrogen-bond donors (Lipinski definition) is 2. The van der Waals surface area contributed by atoms with E-state index in [9.17, 15) is 14.0 Å². The molecule has 5 aromatic rings. The van der Waals surface area contributed by atoms with E-state index in [4.69, 9.17) is 14.0 Å². The average Bonchev–Trinajstić information content (AvgIpc) is 3.46. The first-order valence-electron chi connectivity index (χ1n) is 16.1. The molecule has 1 aromatic carbocycles. The molecule has 0 aliphatic heterocycles. The summed E-state index contributed by atoms with van der Waals surface area (Å²) in [6, 6.07) is 10.4. The van der Waals surface area contributed by atoms with Gasteiger partial charge in [-0.1, -0.05) is 18.2 Å². The molecule has 0 spiro atoms. The minimum absolute atomic E-state index is 0.0900. The molecule has 0 bridgehead atoms. The molecule has 250 valence electrons. The van der Waals surface area contributed by atoms with Crippen LogP contribution in [0.15, 0.2) is 64.2 Å². The molecule has 1 amide bonds. The Labute approximate surface area is 274 Å². The number of hydrogen-bond acceptors (Lipinski definition) is 8. The predicted molar refractivity (Wildman–Crippen MR) is 171 cm³/mol. The number of fused-ring (bicyclic) bond motifs is 3. The van der Waals surface area contributed by atoms with Gasteiger partial charge in [-0.3, -0.25) is 14.5 Å². The Balaban J connectivity index is 1.19. The number of imidazole rings is 1. The quantitative estimate of drug-likeness (QED) is 0.198. The molecule has 4 heterocycles. The number of amides is 1. The first-order valence-corrected chi connectivity index (χ1v) is 16.1.